The summed E-state index contributed by atoms with van der Waals surface area (Å²) in [7, 11) is 0. The van der Waals surface area contributed by atoms with Gasteiger partial charge < -0.3 is 24.8 Å². The van der Waals surface area contributed by atoms with Crippen molar-refractivity contribution < 1.29 is 48.1 Å². The number of rotatable bonds is 2. The van der Waals surface area contributed by atoms with Crippen LogP contribution in [0.2, 0.25) is 11.1 Å². The van der Waals surface area contributed by atoms with Gasteiger partial charge in [-0.05, 0) is 0 Å². The van der Waals surface area contributed by atoms with Crippen LogP contribution in [-0.2, 0) is 23.3 Å². The Hall–Kier alpha value is -0.660. The van der Waals surface area contributed by atoms with Gasteiger partial charge in [0.15, 0.2) is 0 Å². The molecule has 2 aliphatic carbocycles. The van der Waals surface area contributed by atoms with Crippen molar-refractivity contribution in [3.63, 3.8) is 0 Å². The predicted molar refractivity (Wildman–Crippen MR) is 143 cm³/mol. The van der Waals surface area contributed by atoms with Gasteiger partial charge in [0.2, 0.25) is 0 Å². The number of halogens is 2. The molecule has 0 bridgehead atoms. The van der Waals surface area contributed by atoms with Crippen molar-refractivity contribution in [2.24, 2.45) is 0 Å². The van der Waals surface area contributed by atoms with Crippen LogP contribution in [0, 0.1) is 6.92 Å². The summed E-state index contributed by atoms with van der Waals surface area (Å²) in [6.45, 7) is 2.12. The minimum atomic E-state index is 0. The molecule has 0 spiro atoms. The SMILES string of the molecule is Cc1cc2ccccc2[cH-]1.[Cl-].[Cl-].[Zr+2]=[Si](C1CCCCC1)C1CCCCC1.c1ccc2[cH-]ccc2c1. The Balaban J connectivity index is 0.000000185. The van der Waals surface area contributed by atoms with E-state index in [-0.39, 0.29) is 30.2 Å². The molecule has 0 amide bonds. The summed E-state index contributed by atoms with van der Waals surface area (Å²) in [6.07, 6.45) is 15.7. The first-order chi connectivity index (χ1) is 16.2. The molecular weight excluding hydrogens is 563 g/mol. The third kappa shape index (κ3) is 9.30. The molecule has 0 aliphatic heterocycles. The van der Waals surface area contributed by atoms with Crippen LogP contribution in [0.1, 0.15) is 69.8 Å². The monoisotopic (exact) mass is 598 g/mol. The van der Waals surface area contributed by atoms with Crippen LogP contribution in [0.3, 0.4) is 0 Å². The predicted octanol–water partition coefficient (Wildman–Crippen LogP) is 3.63. The van der Waals surface area contributed by atoms with E-state index in [4.69, 9.17) is 0 Å². The Morgan fingerprint density at radius 3 is 1.74 bits per heavy atom. The van der Waals surface area contributed by atoms with Crippen LogP contribution in [0.25, 0.3) is 21.5 Å². The van der Waals surface area contributed by atoms with Gasteiger partial charge in [0.1, 0.15) is 0 Å². The number of benzene rings is 2. The van der Waals surface area contributed by atoms with Gasteiger partial charge in [0.05, 0.1) is 0 Å². The molecule has 0 atom stereocenters. The van der Waals surface area contributed by atoms with E-state index in [2.05, 4.69) is 85.8 Å². The fourth-order valence-electron chi connectivity index (χ4n) is 5.54. The van der Waals surface area contributed by atoms with E-state index in [9.17, 15) is 0 Å². The quantitative estimate of drug-likeness (QED) is 0.244. The average Bonchev–Trinajstić information content (AvgIpc) is 3.51. The van der Waals surface area contributed by atoms with Gasteiger partial charge in [-0.2, -0.15) is 23.6 Å². The van der Waals surface area contributed by atoms with Crippen molar-refractivity contribution in [2.45, 2.75) is 82.2 Å². The second kappa shape index (κ2) is 16.2. The Morgan fingerprint density at radius 2 is 1.20 bits per heavy atom. The zero-order valence-electron chi connectivity index (χ0n) is 21.0. The number of aryl methyl sites for hydroxylation is 1. The number of hydrogen-bond donors (Lipinski definition) is 0. The molecule has 0 nitrogen and oxygen atoms in total. The van der Waals surface area contributed by atoms with Gasteiger partial charge in [-0.3, -0.25) is 0 Å². The van der Waals surface area contributed by atoms with Gasteiger partial charge in [-0.25, -0.2) is 0 Å². The van der Waals surface area contributed by atoms with Crippen LogP contribution >= 0.6 is 0 Å². The van der Waals surface area contributed by atoms with Crippen molar-refractivity contribution in [1.82, 2.24) is 0 Å². The summed E-state index contributed by atoms with van der Waals surface area (Å²) in [4.78, 5) is 0. The first kappa shape index (κ1) is 30.6. The molecule has 4 aromatic rings. The smallest absolute Gasteiger partial charge is 0.0809 e. The van der Waals surface area contributed by atoms with Crippen LogP contribution in [0.15, 0.2) is 78.9 Å². The van der Waals surface area contributed by atoms with Crippen molar-refractivity contribution in [3.8, 4) is 0 Å². The van der Waals surface area contributed by atoms with Crippen LogP contribution in [0.4, 0.5) is 0 Å². The van der Waals surface area contributed by atoms with E-state index < -0.39 is 0 Å². The fourth-order valence-corrected chi connectivity index (χ4v) is 12.5. The summed E-state index contributed by atoms with van der Waals surface area (Å²) in [6, 6.07) is 27.5. The molecule has 4 aromatic carbocycles. The second-order valence-corrected chi connectivity index (χ2v) is 16.7. The summed E-state index contributed by atoms with van der Waals surface area (Å²) >= 11 is 1.95. The zero-order valence-corrected chi connectivity index (χ0v) is 26.0. The fraction of sp³-hybridized carbons (Fsp3) is 0.419. The summed E-state index contributed by atoms with van der Waals surface area (Å²) in [5.74, 6) is 0. The number of fused-ring (bicyclic) bond motifs is 2. The van der Waals surface area contributed by atoms with Gasteiger partial charge in [-0.15, -0.1) is 70.3 Å². The van der Waals surface area contributed by atoms with Crippen molar-refractivity contribution in [2.75, 3.05) is 0 Å². The second-order valence-electron chi connectivity index (χ2n) is 9.94. The summed E-state index contributed by atoms with van der Waals surface area (Å²) < 4.78 is 0. The minimum Gasteiger partial charge on any atom is -0.168 e. The van der Waals surface area contributed by atoms with Gasteiger partial charge in [-0.1, -0.05) is 19.1 Å². The molecule has 0 heterocycles. The number of hydrogen-bond acceptors (Lipinski definition) is 0. The third-order valence-electron chi connectivity index (χ3n) is 7.40. The van der Waals surface area contributed by atoms with Crippen LogP contribution in [0.5, 0.6) is 0 Å². The van der Waals surface area contributed by atoms with Gasteiger partial charge in [0, 0.05) is 0 Å². The van der Waals surface area contributed by atoms with Crippen molar-refractivity contribution in [3.05, 3.63) is 84.4 Å². The Bertz CT molecular complexity index is 1050. The van der Waals surface area contributed by atoms with E-state index in [0.717, 1.165) is 0 Å². The molecule has 186 valence electrons. The Kier molecular flexibility index (Phi) is 14.2. The first-order valence-electron chi connectivity index (χ1n) is 13.0. The summed E-state index contributed by atoms with van der Waals surface area (Å²) in [5, 5.41) is 5.36. The largest absolute Gasteiger partial charge is 0.168 e. The molecule has 0 saturated heterocycles. The molecule has 6 rings (SSSR count). The molecule has 2 aliphatic rings. The van der Waals surface area contributed by atoms with Gasteiger partial charge >= 0.3 is 104 Å². The maximum Gasteiger partial charge on any atom is -0.0809 e. The Labute approximate surface area is 240 Å². The Morgan fingerprint density at radius 1 is 0.686 bits per heavy atom. The van der Waals surface area contributed by atoms with E-state index in [1.54, 1.807) is 51.4 Å². The van der Waals surface area contributed by atoms with E-state index in [0.29, 0.717) is 0 Å². The average molecular weight is 601 g/mol. The first-order valence-corrected chi connectivity index (χ1v) is 18.4. The topological polar surface area (TPSA) is 0 Å². The zero-order chi connectivity index (χ0) is 22.9. The molecule has 2 saturated carbocycles. The molecule has 4 heteroatoms. The standard InChI is InChI=1S/C12H22Si.C10H9.C9H7.2ClH.Zr/c1-3-7-11(8-4-1)13-12-9-5-2-6-10-12;1-8-6-9-4-2-3-5-10(9)7-8;1-2-5-9-7-3-6-8(9)4-1;;;/h11-12H,1-10H2;2-7H,1H3;1-7H;2*1H;/q;2*-1;;;+2/p-2. The molecule has 0 radical (unpaired) electrons. The van der Waals surface area contributed by atoms with Crippen LogP contribution < -0.4 is 24.8 Å². The molecule has 2 fully saturated rings. The van der Waals surface area contributed by atoms with E-state index in [1.165, 1.54) is 51.0 Å². The molecule has 0 N–H and O–H groups in total. The van der Waals surface area contributed by atoms with Gasteiger partial charge in [0.25, 0.3) is 0 Å². The maximum absolute atomic E-state index is 2.20. The van der Waals surface area contributed by atoms with E-state index in [1.807, 2.05) is 23.3 Å². The van der Waals surface area contributed by atoms with Crippen molar-refractivity contribution >= 4 is 27.0 Å². The molecular formula is C31H38Cl2SiZr-2. The normalized spacial score (nSPS) is 16.2. The van der Waals surface area contributed by atoms with E-state index >= 15 is 0 Å². The van der Waals surface area contributed by atoms with Crippen LogP contribution in [-0.4, -0.2) is 5.43 Å². The molecule has 0 unspecified atom stereocenters. The van der Waals surface area contributed by atoms with Crippen molar-refractivity contribution in [1.29, 1.82) is 0 Å². The molecule has 0 aromatic heterocycles. The third-order valence-corrected chi connectivity index (χ3v) is 16.3. The molecule has 35 heavy (non-hydrogen) atoms. The maximum atomic E-state index is 2.20. The summed E-state index contributed by atoms with van der Waals surface area (Å²) in [5.41, 5.74) is 3.91. The minimum absolute atomic E-state index is 0.